The second-order valence-corrected chi connectivity index (χ2v) is 7.06. The molecule has 0 bridgehead atoms. The second kappa shape index (κ2) is 9.82. The van der Waals surface area contributed by atoms with E-state index >= 15 is 0 Å². The fraction of sp³-hybridized carbons (Fsp3) is 0.526. The first-order chi connectivity index (χ1) is 13.3. The third-order valence-corrected chi connectivity index (χ3v) is 4.42. The number of amides is 1. The van der Waals surface area contributed by atoms with Crippen LogP contribution in [0.2, 0.25) is 0 Å². The monoisotopic (exact) mass is 393 g/mol. The lowest BCUT2D eigenvalue weighted by Crippen LogP contribution is -2.31. The average Bonchev–Trinajstić information content (AvgIpc) is 3.15. The van der Waals surface area contributed by atoms with Crippen LogP contribution in [0.1, 0.15) is 25.3 Å². The van der Waals surface area contributed by atoms with E-state index in [0.29, 0.717) is 18.9 Å². The molecule has 1 aliphatic rings. The summed E-state index contributed by atoms with van der Waals surface area (Å²) in [4.78, 5) is 26.1. The maximum atomic E-state index is 12.3. The molecule has 1 aromatic carbocycles. The minimum atomic E-state index is -0.504. The lowest BCUT2D eigenvalue weighted by atomic mass is 9.89. The Morgan fingerprint density at radius 1 is 1.36 bits per heavy atom. The molecule has 0 saturated carbocycles. The molecule has 1 aliphatic heterocycles. The highest BCUT2D eigenvalue weighted by Crippen LogP contribution is 2.35. The first-order valence-electron chi connectivity index (χ1n) is 9.04. The zero-order valence-corrected chi connectivity index (χ0v) is 16.3. The molecule has 2 atom stereocenters. The molecular formula is C19H27N3O6. The Hall–Kier alpha value is -2.97. The predicted molar refractivity (Wildman–Crippen MR) is 101 cm³/mol. The van der Waals surface area contributed by atoms with E-state index in [-0.39, 0.29) is 36.8 Å². The van der Waals surface area contributed by atoms with Crippen LogP contribution in [0.3, 0.4) is 0 Å². The van der Waals surface area contributed by atoms with Gasteiger partial charge in [-0.25, -0.2) is 4.79 Å². The van der Waals surface area contributed by atoms with Crippen LogP contribution in [-0.4, -0.2) is 61.4 Å². The highest BCUT2D eigenvalue weighted by molar-refractivity contribution is 5.81. The molecule has 154 valence electrons. The number of methoxy groups -OCH3 is 1. The van der Waals surface area contributed by atoms with Crippen LogP contribution in [-0.2, 0) is 14.3 Å². The number of hydrogen-bond donors (Lipinski definition) is 2. The van der Waals surface area contributed by atoms with Gasteiger partial charge in [0.05, 0.1) is 19.6 Å². The third-order valence-electron chi connectivity index (χ3n) is 4.42. The van der Waals surface area contributed by atoms with Crippen LogP contribution in [0.4, 0.5) is 4.79 Å². The first kappa shape index (κ1) is 21.3. The maximum absolute atomic E-state index is 12.3. The van der Waals surface area contributed by atoms with Gasteiger partial charge in [-0.05, 0) is 23.6 Å². The third kappa shape index (κ3) is 5.51. The van der Waals surface area contributed by atoms with Gasteiger partial charge in [-0.2, -0.15) is 0 Å². The standard InChI is InChI=1S/C19H27N3O6/c1-12(2)10-28-19(24)22-8-15(16(9-22)18(23)26-3)13-5-4-6-14(7-13)27-11-17(20)21-25/h4-7,12,15-16,25H,8-11H2,1-3H3,(H2,20,21)/t15-,16?/m0/s1. The van der Waals surface area contributed by atoms with Gasteiger partial charge in [-0.1, -0.05) is 31.1 Å². The number of nitrogens with zero attached hydrogens (tertiary/aromatic N) is 2. The van der Waals surface area contributed by atoms with E-state index in [1.165, 1.54) is 12.0 Å². The Morgan fingerprint density at radius 3 is 2.75 bits per heavy atom. The van der Waals surface area contributed by atoms with Crippen molar-refractivity contribution in [3.05, 3.63) is 29.8 Å². The SMILES string of the molecule is COC(=O)C1CN(C(=O)OCC(C)C)C[C@H]1c1cccc(OCC(N)=NO)c1. The molecule has 1 saturated heterocycles. The minimum Gasteiger partial charge on any atom is -0.486 e. The molecule has 1 heterocycles. The van der Waals surface area contributed by atoms with Crippen LogP contribution in [0.5, 0.6) is 5.75 Å². The van der Waals surface area contributed by atoms with Gasteiger partial charge in [0, 0.05) is 19.0 Å². The van der Waals surface area contributed by atoms with E-state index in [9.17, 15) is 9.59 Å². The number of ether oxygens (including phenoxy) is 3. The number of likely N-dealkylation sites (tertiary alicyclic amines) is 1. The van der Waals surface area contributed by atoms with Crippen molar-refractivity contribution in [2.24, 2.45) is 22.7 Å². The van der Waals surface area contributed by atoms with Crippen molar-refractivity contribution < 1.29 is 29.0 Å². The number of hydrogen-bond acceptors (Lipinski definition) is 7. The number of esters is 1. The van der Waals surface area contributed by atoms with Gasteiger partial charge in [0.1, 0.15) is 12.4 Å². The van der Waals surface area contributed by atoms with Crippen molar-refractivity contribution in [3.8, 4) is 5.75 Å². The molecule has 0 aliphatic carbocycles. The summed E-state index contributed by atoms with van der Waals surface area (Å²) >= 11 is 0. The summed E-state index contributed by atoms with van der Waals surface area (Å²) in [5.41, 5.74) is 6.24. The Kier molecular flexibility index (Phi) is 7.48. The number of oxime groups is 1. The van der Waals surface area contributed by atoms with Gasteiger partial charge in [-0.15, -0.1) is 0 Å². The summed E-state index contributed by atoms with van der Waals surface area (Å²) in [7, 11) is 1.33. The summed E-state index contributed by atoms with van der Waals surface area (Å²) in [6, 6.07) is 7.14. The van der Waals surface area contributed by atoms with Crippen LogP contribution in [0, 0.1) is 11.8 Å². The fourth-order valence-electron chi connectivity index (χ4n) is 3.03. The molecule has 2 rings (SSSR count). The molecule has 0 aromatic heterocycles. The smallest absolute Gasteiger partial charge is 0.409 e. The summed E-state index contributed by atoms with van der Waals surface area (Å²) in [6.45, 7) is 4.72. The number of amidine groups is 1. The second-order valence-electron chi connectivity index (χ2n) is 7.06. The molecule has 9 nitrogen and oxygen atoms in total. The van der Waals surface area contributed by atoms with E-state index in [4.69, 9.17) is 25.2 Å². The molecule has 0 spiro atoms. The summed E-state index contributed by atoms with van der Waals surface area (Å²) in [6.07, 6.45) is -0.440. The Labute approximate surface area is 164 Å². The largest absolute Gasteiger partial charge is 0.486 e. The molecule has 1 unspecified atom stereocenters. The van der Waals surface area contributed by atoms with Gasteiger partial charge < -0.3 is 30.1 Å². The lowest BCUT2D eigenvalue weighted by molar-refractivity contribution is -0.145. The van der Waals surface area contributed by atoms with E-state index in [1.54, 1.807) is 18.2 Å². The normalized spacial score (nSPS) is 19.6. The predicted octanol–water partition coefficient (Wildman–Crippen LogP) is 1.79. The fourth-order valence-corrected chi connectivity index (χ4v) is 3.03. The minimum absolute atomic E-state index is 0.0576. The maximum Gasteiger partial charge on any atom is 0.409 e. The molecule has 1 amide bonds. The topological polar surface area (TPSA) is 124 Å². The van der Waals surface area contributed by atoms with Gasteiger partial charge in [0.15, 0.2) is 5.84 Å². The molecule has 0 radical (unpaired) electrons. The van der Waals surface area contributed by atoms with Crippen LogP contribution in [0.15, 0.2) is 29.4 Å². The van der Waals surface area contributed by atoms with Crippen molar-refractivity contribution in [1.29, 1.82) is 0 Å². The molecule has 1 aromatic rings. The average molecular weight is 393 g/mol. The van der Waals surface area contributed by atoms with Crippen molar-refractivity contribution in [3.63, 3.8) is 0 Å². The zero-order chi connectivity index (χ0) is 20.7. The molecule has 3 N–H and O–H groups in total. The Bertz CT molecular complexity index is 721. The van der Waals surface area contributed by atoms with Gasteiger partial charge >= 0.3 is 12.1 Å². The van der Waals surface area contributed by atoms with Crippen molar-refractivity contribution in [1.82, 2.24) is 4.90 Å². The van der Waals surface area contributed by atoms with Crippen LogP contribution in [0.25, 0.3) is 0 Å². The first-order valence-corrected chi connectivity index (χ1v) is 9.04. The number of rotatable bonds is 7. The number of carbonyl (C=O) groups excluding carboxylic acids is 2. The van der Waals surface area contributed by atoms with Crippen molar-refractivity contribution in [2.75, 3.05) is 33.4 Å². The highest BCUT2D eigenvalue weighted by Gasteiger charge is 2.41. The number of carbonyl (C=O) groups is 2. The van der Waals surface area contributed by atoms with E-state index in [0.717, 1.165) is 5.56 Å². The molecule has 28 heavy (non-hydrogen) atoms. The molecular weight excluding hydrogens is 366 g/mol. The summed E-state index contributed by atoms with van der Waals surface area (Å²) in [5, 5.41) is 11.5. The lowest BCUT2D eigenvalue weighted by Gasteiger charge is -2.18. The van der Waals surface area contributed by atoms with Gasteiger partial charge in [0.25, 0.3) is 0 Å². The van der Waals surface area contributed by atoms with Crippen LogP contribution >= 0.6 is 0 Å². The zero-order valence-electron chi connectivity index (χ0n) is 16.3. The van der Waals surface area contributed by atoms with Gasteiger partial charge in [-0.3, -0.25) is 4.79 Å². The Morgan fingerprint density at radius 2 is 2.11 bits per heavy atom. The molecule has 9 heteroatoms. The number of nitrogens with two attached hydrogens (primary N) is 1. The van der Waals surface area contributed by atoms with Gasteiger partial charge in [0.2, 0.25) is 0 Å². The molecule has 1 fully saturated rings. The van der Waals surface area contributed by atoms with Crippen LogP contribution < -0.4 is 10.5 Å². The van der Waals surface area contributed by atoms with E-state index < -0.39 is 12.0 Å². The summed E-state index contributed by atoms with van der Waals surface area (Å²) < 4.78 is 15.7. The van der Waals surface area contributed by atoms with Crippen molar-refractivity contribution in [2.45, 2.75) is 19.8 Å². The van der Waals surface area contributed by atoms with Crippen molar-refractivity contribution >= 4 is 17.9 Å². The highest BCUT2D eigenvalue weighted by atomic mass is 16.6. The quantitative estimate of drug-likeness (QED) is 0.238. The van der Waals surface area contributed by atoms with E-state index in [2.05, 4.69) is 5.16 Å². The number of benzene rings is 1. The van der Waals surface area contributed by atoms with E-state index in [1.807, 2.05) is 19.9 Å². The Balaban J connectivity index is 2.16. The summed E-state index contributed by atoms with van der Waals surface area (Å²) in [5.74, 6) is -0.469.